The summed E-state index contributed by atoms with van der Waals surface area (Å²) in [4.78, 5) is 5.48. The van der Waals surface area contributed by atoms with Crippen molar-refractivity contribution in [1.29, 1.82) is 0 Å². The second kappa shape index (κ2) is 5.48. The van der Waals surface area contributed by atoms with Gasteiger partial charge in [0, 0.05) is 24.2 Å². The van der Waals surface area contributed by atoms with Crippen LogP contribution in [0, 0.1) is 0 Å². The van der Waals surface area contributed by atoms with E-state index in [0.29, 0.717) is 0 Å². The number of fused-ring (bicyclic) bond motifs is 2. The molecule has 2 bridgehead atoms. The molecule has 3 aliphatic rings. The molecule has 3 fully saturated rings. The molecule has 2 atom stereocenters. The first kappa shape index (κ1) is 12.9. The zero-order chi connectivity index (χ0) is 12.5. The average molecular weight is 251 g/mol. The van der Waals surface area contributed by atoms with E-state index in [9.17, 15) is 0 Å². The maximum absolute atomic E-state index is 3.44. The summed E-state index contributed by atoms with van der Waals surface area (Å²) in [6, 6.07) is 3.41. The molecule has 3 nitrogen and oxygen atoms in total. The molecule has 0 amide bonds. The van der Waals surface area contributed by atoms with Crippen LogP contribution >= 0.6 is 0 Å². The van der Waals surface area contributed by atoms with E-state index >= 15 is 0 Å². The van der Waals surface area contributed by atoms with Crippen LogP contribution < -0.4 is 5.32 Å². The van der Waals surface area contributed by atoms with Crippen LogP contribution in [0.5, 0.6) is 0 Å². The summed E-state index contributed by atoms with van der Waals surface area (Å²) in [5, 5.41) is 3.44. The van der Waals surface area contributed by atoms with E-state index in [1.165, 1.54) is 58.0 Å². The number of hydrogen-bond donors (Lipinski definition) is 1. The molecule has 18 heavy (non-hydrogen) atoms. The monoisotopic (exact) mass is 251 g/mol. The highest BCUT2D eigenvalue weighted by atomic mass is 15.2. The Kier molecular flexibility index (Phi) is 3.92. The Labute approximate surface area is 112 Å². The highest BCUT2D eigenvalue weighted by molar-refractivity contribution is 4.95. The zero-order valence-electron chi connectivity index (χ0n) is 12.1. The van der Waals surface area contributed by atoms with E-state index in [-0.39, 0.29) is 0 Å². The van der Waals surface area contributed by atoms with Gasteiger partial charge in [-0.25, -0.2) is 0 Å². The van der Waals surface area contributed by atoms with Crippen molar-refractivity contribution in [3.63, 3.8) is 0 Å². The molecule has 0 aromatic heterocycles. The third-order valence-corrected chi connectivity index (χ3v) is 5.77. The summed E-state index contributed by atoms with van der Waals surface area (Å²) < 4.78 is 0. The lowest BCUT2D eigenvalue weighted by molar-refractivity contribution is 0.00109. The number of hydrogen-bond acceptors (Lipinski definition) is 3. The number of nitrogens with zero attached hydrogens (tertiary/aromatic N) is 2. The van der Waals surface area contributed by atoms with E-state index in [1.54, 1.807) is 0 Å². The summed E-state index contributed by atoms with van der Waals surface area (Å²) >= 11 is 0. The van der Waals surface area contributed by atoms with Crippen LogP contribution in [0.3, 0.4) is 0 Å². The van der Waals surface area contributed by atoms with Crippen LogP contribution in [0.1, 0.15) is 44.9 Å². The summed E-state index contributed by atoms with van der Waals surface area (Å²) in [5.41, 5.74) is 0. The second-order valence-corrected chi connectivity index (χ2v) is 6.63. The molecule has 0 spiro atoms. The van der Waals surface area contributed by atoms with Gasteiger partial charge in [0.25, 0.3) is 0 Å². The fourth-order valence-electron chi connectivity index (χ4n) is 4.44. The molecule has 0 radical (unpaired) electrons. The van der Waals surface area contributed by atoms with E-state index in [0.717, 1.165) is 24.2 Å². The molecule has 3 aliphatic heterocycles. The SMILES string of the molecule is CNC1CCN(C2CC3CCCC(C2)N3C)CC1. The normalized spacial score (nSPS) is 40.0. The Morgan fingerprint density at radius 3 is 2.06 bits per heavy atom. The Morgan fingerprint density at radius 1 is 0.889 bits per heavy atom. The highest BCUT2D eigenvalue weighted by Gasteiger charge is 2.38. The maximum Gasteiger partial charge on any atom is 0.0125 e. The van der Waals surface area contributed by atoms with Crippen molar-refractivity contribution < 1.29 is 0 Å². The predicted molar refractivity (Wildman–Crippen MR) is 75.9 cm³/mol. The van der Waals surface area contributed by atoms with Gasteiger partial charge in [-0.3, -0.25) is 0 Å². The number of piperidine rings is 3. The van der Waals surface area contributed by atoms with Crippen LogP contribution in [0.4, 0.5) is 0 Å². The summed E-state index contributed by atoms with van der Waals surface area (Å²) in [6.45, 7) is 2.64. The van der Waals surface area contributed by atoms with Gasteiger partial charge in [-0.15, -0.1) is 0 Å². The van der Waals surface area contributed by atoms with Crippen molar-refractivity contribution in [3.8, 4) is 0 Å². The first-order chi connectivity index (χ1) is 8.78. The second-order valence-electron chi connectivity index (χ2n) is 6.63. The first-order valence-corrected chi connectivity index (χ1v) is 7.91. The topological polar surface area (TPSA) is 18.5 Å². The third-order valence-electron chi connectivity index (χ3n) is 5.77. The lowest BCUT2D eigenvalue weighted by atomic mass is 9.81. The van der Waals surface area contributed by atoms with Gasteiger partial charge in [0.05, 0.1) is 0 Å². The minimum absolute atomic E-state index is 0.770. The van der Waals surface area contributed by atoms with Crippen LogP contribution in [-0.2, 0) is 0 Å². The molecular weight excluding hydrogens is 222 g/mol. The minimum Gasteiger partial charge on any atom is -0.317 e. The summed E-state index contributed by atoms with van der Waals surface area (Å²) in [7, 11) is 4.47. The average Bonchev–Trinajstić information content (AvgIpc) is 2.38. The fraction of sp³-hybridized carbons (Fsp3) is 1.00. The molecule has 0 saturated carbocycles. The molecule has 3 rings (SSSR count). The van der Waals surface area contributed by atoms with Crippen LogP contribution in [0.15, 0.2) is 0 Å². The van der Waals surface area contributed by atoms with Crippen molar-refractivity contribution in [2.75, 3.05) is 27.2 Å². The quantitative estimate of drug-likeness (QED) is 0.806. The van der Waals surface area contributed by atoms with Gasteiger partial charge in [0.2, 0.25) is 0 Å². The molecule has 3 saturated heterocycles. The van der Waals surface area contributed by atoms with Crippen LogP contribution in [-0.4, -0.2) is 61.2 Å². The van der Waals surface area contributed by atoms with Gasteiger partial charge in [-0.2, -0.15) is 0 Å². The van der Waals surface area contributed by atoms with Crippen LogP contribution in [0.25, 0.3) is 0 Å². The molecule has 1 N–H and O–H groups in total. The van der Waals surface area contributed by atoms with Crippen molar-refractivity contribution >= 4 is 0 Å². The predicted octanol–water partition coefficient (Wildman–Crippen LogP) is 1.69. The molecule has 3 heteroatoms. The Hall–Kier alpha value is -0.120. The standard InChI is InChI=1S/C15H29N3/c1-16-12-6-8-18(9-7-12)15-10-13-4-3-5-14(11-15)17(13)2/h12-16H,3-11H2,1-2H3. The first-order valence-electron chi connectivity index (χ1n) is 7.91. The van der Waals surface area contributed by atoms with Gasteiger partial charge in [0.15, 0.2) is 0 Å². The van der Waals surface area contributed by atoms with Crippen molar-refractivity contribution in [3.05, 3.63) is 0 Å². The van der Waals surface area contributed by atoms with Gasteiger partial charge in [0.1, 0.15) is 0 Å². The molecular formula is C15H29N3. The molecule has 3 heterocycles. The fourth-order valence-corrected chi connectivity index (χ4v) is 4.44. The van der Waals surface area contributed by atoms with E-state index < -0.39 is 0 Å². The maximum atomic E-state index is 3.44. The Morgan fingerprint density at radius 2 is 1.50 bits per heavy atom. The molecule has 0 aliphatic carbocycles. The van der Waals surface area contributed by atoms with Crippen molar-refractivity contribution in [2.24, 2.45) is 0 Å². The van der Waals surface area contributed by atoms with E-state index in [4.69, 9.17) is 0 Å². The van der Waals surface area contributed by atoms with Crippen molar-refractivity contribution in [1.82, 2.24) is 15.1 Å². The lowest BCUT2D eigenvalue weighted by Crippen LogP contribution is -2.57. The largest absolute Gasteiger partial charge is 0.317 e. The molecule has 0 aromatic carbocycles. The Balaban J connectivity index is 1.58. The summed E-state index contributed by atoms with van der Waals surface area (Å²) in [6.07, 6.45) is 9.89. The number of likely N-dealkylation sites (tertiary alicyclic amines) is 1. The van der Waals surface area contributed by atoms with Crippen molar-refractivity contribution in [2.45, 2.75) is 69.1 Å². The minimum atomic E-state index is 0.770. The van der Waals surface area contributed by atoms with E-state index in [2.05, 4.69) is 29.2 Å². The number of rotatable bonds is 2. The smallest absolute Gasteiger partial charge is 0.0125 e. The number of nitrogens with one attached hydrogen (secondary N) is 1. The van der Waals surface area contributed by atoms with Gasteiger partial charge >= 0.3 is 0 Å². The molecule has 104 valence electrons. The molecule has 0 aromatic rings. The van der Waals surface area contributed by atoms with E-state index in [1.807, 2.05) is 0 Å². The third kappa shape index (κ3) is 2.45. The highest BCUT2D eigenvalue weighted by Crippen LogP contribution is 2.35. The van der Waals surface area contributed by atoms with Gasteiger partial charge in [-0.1, -0.05) is 6.42 Å². The summed E-state index contributed by atoms with van der Waals surface area (Å²) in [5.74, 6) is 0. The van der Waals surface area contributed by atoms with Gasteiger partial charge < -0.3 is 15.1 Å². The zero-order valence-corrected chi connectivity index (χ0v) is 12.1. The Bertz CT molecular complexity index is 259. The van der Waals surface area contributed by atoms with Gasteiger partial charge in [-0.05, 0) is 65.7 Å². The lowest BCUT2D eigenvalue weighted by Gasteiger charge is -2.50. The molecule has 2 unspecified atom stereocenters. The van der Waals surface area contributed by atoms with Crippen LogP contribution in [0.2, 0.25) is 0 Å².